The van der Waals surface area contributed by atoms with Gasteiger partial charge in [-0.25, -0.2) is 0 Å². The van der Waals surface area contributed by atoms with E-state index in [4.69, 9.17) is 5.41 Å². The minimum Gasteiger partial charge on any atom is -0.258 e. The summed E-state index contributed by atoms with van der Waals surface area (Å²) in [6.07, 6.45) is 7.10. The van der Waals surface area contributed by atoms with E-state index in [9.17, 15) is 15.8 Å². The Morgan fingerprint density at radius 3 is 1.96 bits per heavy atom. The van der Waals surface area contributed by atoms with Crippen molar-refractivity contribution in [1.29, 1.82) is 21.2 Å². The Morgan fingerprint density at radius 2 is 1.48 bits per heavy atom. The summed E-state index contributed by atoms with van der Waals surface area (Å²) in [7, 11) is 0. The van der Waals surface area contributed by atoms with Crippen LogP contribution in [0.1, 0.15) is 5.56 Å². The van der Waals surface area contributed by atoms with Gasteiger partial charge < -0.3 is 0 Å². The Balaban J connectivity index is 2.93. The second-order valence-corrected chi connectivity index (χ2v) is 4.50. The van der Waals surface area contributed by atoms with E-state index in [1.165, 1.54) is 0 Å². The first-order valence-corrected chi connectivity index (χ1v) is 6.66. The molecule has 0 spiro atoms. The molecular formula is C19H10N4. The van der Waals surface area contributed by atoms with Crippen molar-refractivity contribution in [2.24, 2.45) is 0 Å². The van der Waals surface area contributed by atoms with Gasteiger partial charge in [0, 0.05) is 11.1 Å². The zero-order valence-corrected chi connectivity index (χ0v) is 12.0. The number of nitrogens with one attached hydrogen (secondary N) is 1. The van der Waals surface area contributed by atoms with E-state index in [-0.39, 0.29) is 11.1 Å². The first-order valence-electron chi connectivity index (χ1n) is 6.66. The molecule has 106 valence electrons. The number of nitrogens with zero attached hydrogens (tertiary/aromatic N) is 3. The highest BCUT2D eigenvalue weighted by Gasteiger charge is 2.21. The van der Waals surface area contributed by atoms with Crippen LogP contribution in [0.25, 0.3) is 5.57 Å². The van der Waals surface area contributed by atoms with Crippen LogP contribution in [-0.2, 0) is 0 Å². The zero-order valence-electron chi connectivity index (χ0n) is 12.0. The fraction of sp³-hybridized carbons (Fsp3) is 0. The summed E-state index contributed by atoms with van der Waals surface area (Å²) in [5.41, 5.74) is 1.83. The second-order valence-electron chi connectivity index (χ2n) is 4.50. The normalized spacial score (nSPS) is 10.9. The summed E-state index contributed by atoms with van der Waals surface area (Å²) < 4.78 is 0. The molecule has 0 fully saturated rings. The highest BCUT2D eigenvalue weighted by Crippen LogP contribution is 2.34. The van der Waals surface area contributed by atoms with Gasteiger partial charge in [-0.3, -0.25) is 5.41 Å². The van der Waals surface area contributed by atoms with Crippen LogP contribution in [0.15, 0.2) is 76.9 Å². The number of allylic oxidation sites excluding steroid dienone is 9. The third kappa shape index (κ3) is 3.07. The van der Waals surface area contributed by atoms with Gasteiger partial charge >= 0.3 is 0 Å². The highest BCUT2D eigenvalue weighted by molar-refractivity contribution is 5.96. The van der Waals surface area contributed by atoms with Crippen molar-refractivity contribution in [1.82, 2.24) is 0 Å². The molecule has 4 heteroatoms. The number of nitriles is 3. The molecular weight excluding hydrogens is 284 g/mol. The molecule has 0 radical (unpaired) electrons. The van der Waals surface area contributed by atoms with Gasteiger partial charge in [0.25, 0.3) is 0 Å². The van der Waals surface area contributed by atoms with Crippen LogP contribution in [0, 0.1) is 39.4 Å². The van der Waals surface area contributed by atoms with Crippen LogP contribution in [-0.4, -0.2) is 5.87 Å². The van der Waals surface area contributed by atoms with Gasteiger partial charge in [0.05, 0.1) is 0 Å². The zero-order chi connectivity index (χ0) is 16.7. The van der Waals surface area contributed by atoms with E-state index in [2.05, 4.69) is 5.87 Å². The molecule has 0 unspecified atom stereocenters. The van der Waals surface area contributed by atoms with Crippen LogP contribution in [0.3, 0.4) is 0 Å². The summed E-state index contributed by atoms with van der Waals surface area (Å²) in [6.45, 7) is 0. The van der Waals surface area contributed by atoms with Crippen molar-refractivity contribution in [3.63, 3.8) is 0 Å². The molecule has 0 aliphatic heterocycles. The molecule has 0 aromatic heterocycles. The van der Waals surface area contributed by atoms with Gasteiger partial charge in [0.2, 0.25) is 0 Å². The van der Waals surface area contributed by atoms with Crippen LogP contribution in [0.4, 0.5) is 0 Å². The van der Waals surface area contributed by atoms with Crippen LogP contribution >= 0.6 is 0 Å². The Morgan fingerprint density at radius 1 is 0.870 bits per heavy atom. The quantitative estimate of drug-likeness (QED) is 0.681. The molecule has 1 aliphatic carbocycles. The van der Waals surface area contributed by atoms with Gasteiger partial charge in [-0.05, 0) is 17.0 Å². The van der Waals surface area contributed by atoms with E-state index < -0.39 is 0 Å². The standard InChI is InChI=1S/C19H10N4/c20-10-16(11-21)18(14-6-2-1-3-7-14)19(17(12-22)13-23)15-8-4-5-9-15/h1-9,22H. The summed E-state index contributed by atoms with van der Waals surface area (Å²) in [4.78, 5) is 0. The summed E-state index contributed by atoms with van der Waals surface area (Å²) in [5, 5.41) is 35.4. The maximum atomic E-state index is 9.34. The number of hydrogen-bond acceptors (Lipinski definition) is 4. The Bertz CT molecular complexity index is 900. The molecule has 1 aliphatic rings. The van der Waals surface area contributed by atoms with Gasteiger partial charge in [-0.2, -0.15) is 15.8 Å². The van der Waals surface area contributed by atoms with Gasteiger partial charge in [-0.15, -0.1) is 0 Å². The summed E-state index contributed by atoms with van der Waals surface area (Å²) in [6, 6.07) is 14.6. The van der Waals surface area contributed by atoms with Crippen molar-refractivity contribution in [3.05, 3.63) is 82.5 Å². The first-order chi connectivity index (χ1) is 11.3. The molecule has 23 heavy (non-hydrogen) atoms. The molecule has 1 aromatic rings. The molecule has 0 bridgehead atoms. The van der Waals surface area contributed by atoms with Crippen molar-refractivity contribution in [2.45, 2.75) is 0 Å². The molecule has 4 nitrogen and oxygen atoms in total. The number of rotatable bonds is 3. The number of hydrogen-bond donors (Lipinski definition) is 1. The van der Waals surface area contributed by atoms with Crippen LogP contribution in [0.2, 0.25) is 0 Å². The molecule has 1 aromatic carbocycles. The average molecular weight is 294 g/mol. The maximum Gasteiger partial charge on any atom is 0.138 e. The Kier molecular flexibility index (Phi) is 4.85. The third-order valence-electron chi connectivity index (χ3n) is 3.22. The lowest BCUT2D eigenvalue weighted by Crippen LogP contribution is -2.00. The van der Waals surface area contributed by atoms with Gasteiger partial charge in [-0.1, -0.05) is 54.6 Å². The van der Waals surface area contributed by atoms with E-state index in [1.807, 2.05) is 24.3 Å². The predicted molar refractivity (Wildman–Crippen MR) is 86.7 cm³/mol. The minimum atomic E-state index is -0.115. The monoisotopic (exact) mass is 294 g/mol. The summed E-state index contributed by atoms with van der Waals surface area (Å²) >= 11 is 0. The third-order valence-corrected chi connectivity index (χ3v) is 3.22. The Hall–Kier alpha value is -3.90. The largest absolute Gasteiger partial charge is 0.258 e. The van der Waals surface area contributed by atoms with Crippen molar-refractivity contribution in [3.8, 4) is 18.2 Å². The number of benzene rings is 1. The predicted octanol–water partition coefficient (Wildman–Crippen LogP) is 3.61. The lowest BCUT2D eigenvalue weighted by molar-refractivity contribution is 1.41. The van der Waals surface area contributed by atoms with E-state index in [0.29, 0.717) is 22.3 Å². The molecule has 2 rings (SSSR count). The van der Waals surface area contributed by atoms with Gasteiger partial charge in [0.15, 0.2) is 0 Å². The van der Waals surface area contributed by atoms with Crippen molar-refractivity contribution >= 4 is 11.4 Å². The minimum absolute atomic E-state index is 0.0296. The lowest BCUT2D eigenvalue weighted by Gasteiger charge is -2.13. The summed E-state index contributed by atoms with van der Waals surface area (Å²) in [5.74, 6) is 2.11. The average Bonchev–Trinajstić information content (AvgIpc) is 3.13. The molecule has 0 saturated heterocycles. The van der Waals surface area contributed by atoms with Crippen LogP contribution < -0.4 is 0 Å². The smallest absolute Gasteiger partial charge is 0.138 e. The highest BCUT2D eigenvalue weighted by atomic mass is 14.4. The van der Waals surface area contributed by atoms with Crippen LogP contribution in [0.5, 0.6) is 0 Å². The van der Waals surface area contributed by atoms with Crippen molar-refractivity contribution in [2.75, 3.05) is 0 Å². The van der Waals surface area contributed by atoms with E-state index >= 15 is 0 Å². The van der Waals surface area contributed by atoms with E-state index in [0.717, 1.165) is 0 Å². The first kappa shape index (κ1) is 15.5. The van der Waals surface area contributed by atoms with Gasteiger partial charge in [0.1, 0.15) is 29.4 Å². The molecule has 0 amide bonds. The molecule has 0 atom stereocenters. The fourth-order valence-electron chi connectivity index (χ4n) is 2.26. The molecule has 0 heterocycles. The molecule has 1 N–H and O–H groups in total. The second kappa shape index (κ2) is 7.21. The topological polar surface area (TPSA) is 95.2 Å². The van der Waals surface area contributed by atoms with Crippen molar-refractivity contribution < 1.29 is 0 Å². The SMILES string of the molecule is N#CC(=C=N)C(=C1C=CC=C1)C(=C(C#N)C#N)c1ccccc1. The molecule has 0 saturated carbocycles. The lowest BCUT2D eigenvalue weighted by atomic mass is 9.86. The Labute approximate surface area is 134 Å². The maximum absolute atomic E-state index is 9.34. The van der Waals surface area contributed by atoms with E-state index in [1.54, 1.807) is 48.6 Å². The fourth-order valence-corrected chi connectivity index (χ4v) is 2.26.